The van der Waals surface area contributed by atoms with Crippen molar-refractivity contribution in [2.24, 2.45) is 11.5 Å². The molecule has 3 rings (SSSR count). The number of rotatable bonds is 21. The predicted octanol–water partition coefficient (Wildman–Crippen LogP) is 1.12. The summed E-state index contributed by atoms with van der Waals surface area (Å²) in [4.78, 5) is 65.4. The predicted molar refractivity (Wildman–Crippen MR) is 198 cm³/mol. The van der Waals surface area contributed by atoms with Crippen molar-refractivity contribution < 1.29 is 14.4 Å². The average Bonchev–Trinajstić information content (AvgIpc) is 3.05. The molecule has 258 valence electrons. The van der Waals surface area contributed by atoms with Crippen molar-refractivity contribution in [3.05, 3.63) is 52.1 Å². The summed E-state index contributed by atoms with van der Waals surface area (Å²) in [5.74, 6) is 2.05. The van der Waals surface area contributed by atoms with Gasteiger partial charge in [-0.15, -0.1) is 12.4 Å². The molecule has 0 saturated carbocycles. The molecule has 0 saturated heterocycles. The molecular weight excluding hydrogens is 706 g/mol. The summed E-state index contributed by atoms with van der Waals surface area (Å²) < 4.78 is 0. The Morgan fingerprint density at radius 2 is 1.53 bits per heavy atom. The first-order valence-electron chi connectivity index (χ1n) is 14.4. The fourth-order valence-corrected chi connectivity index (χ4v) is 7.29. The van der Waals surface area contributed by atoms with Gasteiger partial charge in [-0.1, -0.05) is 43.2 Å². The number of H-pyrrole nitrogens is 1. The van der Waals surface area contributed by atoms with Crippen LogP contribution in [0.5, 0.6) is 0 Å². The topological polar surface area (TPSA) is 249 Å². The number of hydrogen-bond donors (Lipinski definition) is 8. The van der Waals surface area contributed by atoms with Crippen LogP contribution in [0.4, 0.5) is 11.6 Å². The third kappa shape index (κ3) is 14.8. The Morgan fingerprint density at radius 1 is 0.894 bits per heavy atom. The lowest BCUT2D eigenvalue weighted by Crippen LogP contribution is -2.47. The molecule has 0 aliphatic heterocycles. The van der Waals surface area contributed by atoms with Gasteiger partial charge in [-0.25, -0.2) is 9.97 Å². The van der Waals surface area contributed by atoms with E-state index in [0.29, 0.717) is 48.9 Å². The molecular formula is C27H40ClN11O4S4. The van der Waals surface area contributed by atoms with Crippen molar-refractivity contribution in [2.45, 2.75) is 25.4 Å². The molecule has 0 radical (unpaired) electrons. The number of fused-ring (bicyclic) bond motifs is 1. The largest absolute Gasteiger partial charge is 0.379 e. The lowest BCUT2D eigenvalue weighted by molar-refractivity contribution is -0.123. The molecule has 0 fully saturated rings. The van der Waals surface area contributed by atoms with Crippen molar-refractivity contribution >= 4 is 96.1 Å². The summed E-state index contributed by atoms with van der Waals surface area (Å²) in [6, 6.07) is 5.76. The number of nitrogens with two attached hydrogens (primary N) is 3. The van der Waals surface area contributed by atoms with E-state index in [2.05, 4.69) is 41.2 Å². The molecule has 11 N–H and O–H groups in total. The van der Waals surface area contributed by atoms with Crippen molar-refractivity contribution in [1.29, 1.82) is 0 Å². The maximum Gasteiger partial charge on any atom is 0.280 e. The first-order chi connectivity index (χ1) is 22.3. The number of benzene rings is 1. The highest BCUT2D eigenvalue weighted by molar-refractivity contribution is 8.77. The standard InChI is InChI=1S/C27H39N11O4S4.ClH/c28-7-11-43-45-13-9-31-21(39)6-5-20(25(41)32-10-14-46-44-12-8-29)36-24(40)17-1-3-18(4-2-17)33-15-19-16-34-23-22(35-19)26(42)38-27(30)37-23;/h1-4,16,20,33H,5-15,28-29H2,(H,31,39)(H,32,41)(H,36,40)(H3,30,34,37,38,42);1H/t20-;/m0./s1. The number of nitrogens with one attached hydrogen (secondary N) is 5. The smallest absolute Gasteiger partial charge is 0.280 e. The number of hydrogen-bond acceptors (Lipinski definition) is 15. The van der Waals surface area contributed by atoms with E-state index in [1.807, 2.05) is 0 Å². The van der Waals surface area contributed by atoms with Gasteiger partial charge in [0.05, 0.1) is 18.4 Å². The molecule has 2 heterocycles. The van der Waals surface area contributed by atoms with Crippen LogP contribution >= 0.6 is 55.6 Å². The van der Waals surface area contributed by atoms with E-state index in [9.17, 15) is 19.2 Å². The zero-order chi connectivity index (χ0) is 33.1. The zero-order valence-corrected chi connectivity index (χ0v) is 29.6. The molecule has 1 atom stereocenters. The number of carbonyl (C=O) groups is 3. The third-order valence-corrected chi connectivity index (χ3v) is 10.8. The summed E-state index contributed by atoms with van der Waals surface area (Å²) in [5, 5.41) is 11.6. The number of aromatic nitrogens is 4. The van der Waals surface area contributed by atoms with Gasteiger partial charge < -0.3 is 38.5 Å². The SMILES string of the molecule is Cl.NCCSSCCNC(=O)CC[C@H](NC(=O)c1ccc(NCc2cnc3nc(N)[nH]c(=O)c3n2)cc1)C(=O)NCCSSCCN. The van der Waals surface area contributed by atoms with Gasteiger partial charge in [-0.05, 0) is 30.7 Å². The van der Waals surface area contributed by atoms with Crippen molar-refractivity contribution in [3.8, 4) is 0 Å². The van der Waals surface area contributed by atoms with Crippen molar-refractivity contribution in [3.63, 3.8) is 0 Å². The molecule has 3 aromatic rings. The molecule has 0 bridgehead atoms. The van der Waals surface area contributed by atoms with Crippen molar-refractivity contribution in [2.75, 3.05) is 60.2 Å². The van der Waals surface area contributed by atoms with Crippen LogP contribution in [-0.2, 0) is 16.1 Å². The monoisotopic (exact) mass is 745 g/mol. The van der Waals surface area contributed by atoms with Crippen LogP contribution < -0.4 is 44.0 Å². The Kier molecular flexibility index (Phi) is 19.3. The maximum absolute atomic E-state index is 13.1. The Morgan fingerprint density at radius 3 is 2.19 bits per heavy atom. The number of carbonyl (C=O) groups excluding carboxylic acids is 3. The number of nitrogen functional groups attached to an aromatic ring is 1. The van der Waals surface area contributed by atoms with Gasteiger partial charge in [0.15, 0.2) is 11.2 Å². The molecule has 0 spiro atoms. The van der Waals surface area contributed by atoms with Crippen LogP contribution in [0.2, 0.25) is 0 Å². The van der Waals surface area contributed by atoms with E-state index in [-0.39, 0.29) is 60.7 Å². The van der Waals surface area contributed by atoms with Crippen LogP contribution in [0, 0.1) is 0 Å². The fraction of sp³-hybridized carbons (Fsp3) is 0.444. The second-order valence-corrected chi connectivity index (χ2v) is 14.9. The Balaban J connectivity index is 0.00000768. The summed E-state index contributed by atoms with van der Waals surface area (Å²) in [7, 11) is 6.52. The minimum Gasteiger partial charge on any atom is -0.379 e. The number of aromatic amines is 1. The number of nitrogens with zero attached hydrogens (tertiary/aromatic N) is 3. The molecule has 3 amide bonds. The molecule has 0 aliphatic rings. The first kappa shape index (κ1) is 40.2. The highest BCUT2D eigenvalue weighted by Gasteiger charge is 2.22. The Bertz CT molecular complexity index is 1490. The first-order valence-corrected chi connectivity index (χ1v) is 19.4. The van der Waals surface area contributed by atoms with E-state index < -0.39 is 17.5 Å². The number of halogens is 1. The lowest BCUT2D eigenvalue weighted by atomic mass is 10.1. The minimum atomic E-state index is -0.897. The molecule has 47 heavy (non-hydrogen) atoms. The molecule has 0 unspecified atom stereocenters. The van der Waals surface area contributed by atoms with Crippen LogP contribution in [0.1, 0.15) is 28.9 Å². The highest BCUT2D eigenvalue weighted by Crippen LogP contribution is 2.19. The van der Waals surface area contributed by atoms with E-state index in [0.717, 1.165) is 17.3 Å². The highest BCUT2D eigenvalue weighted by atomic mass is 35.5. The quantitative estimate of drug-likeness (QED) is 0.0562. The summed E-state index contributed by atoms with van der Waals surface area (Å²) >= 11 is 0. The molecule has 2 aromatic heterocycles. The third-order valence-electron chi connectivity index (χ3n) is 5.95. The van der Waals surface area contributed by atoms with E-state index in [1.54, 1.807) is 67.4 Å². The van der Waals surface area contributed by atoms with Crippen molar-refractivity contribution in [1.82, 2.24) is 35.9 Å². The molecule has 0 aliphatic carbocycles. The number of anilines is 2. The zero-order valence-electron chi connectivity index (χ0n) is 25.5. The van der Waals surface area contributed by atoms with Gasteiger partial charge in [0.2, 0.25) is 17.8 Å². The van der Waals surface area contributed by atoms with Crippen LogP contribution in [-0.4, -0.2) is 92.9 Å². The lowest BCUT2D eigenvalue weighted by Gasteiger charge is -2.19. The summed E-state index contributed by atoms with van der Waals surface area (Å²) in [6.45, 7) is 2.36. The minimum absolute atomic E-state index is 0. The molecule has 1 aromatic carbocycles. The second kappa shape index (κ2) is 22.6. The van der Waals surface area contributed by atoms with Gasteiger partial charge in [-0.2, -0.15) is 4.98 Å². The molecule has 15 nitrogen and oxygen atoms in total. The van der Waals surface area contributed by atoms with E-state index >= 15 is 0 Å². The van der Waals surface area contributed by atoms with Gasteiger partial charge >= 0.3 is 0 Å². The Labute approximate surface area is 294 Å². The molecule has 20 heteroatoms. The van der Waals surface area contributed by atoms with Gasteiger partial charge in [0, 0.05) is 66.9 Å². The maximum atomic E-state index is 13.1. The van der Waals surface area contributed by atoms with Gasteiger partial charge in [-0.3, -0.25) is 24.2 Å². The average molecular weight is 746 g/mol. The van der Waals surface area contributed by atoms with Gasteiger partial charge in [0.1, 0.15) is 6.04 Å². The van der Waals surface area contributed by atoms with E-state index in [4.69, 9.17) is 17.2 Å². The number of amides is 3. The van der Waals surface area contributed by atoms with Crippen LogP contribution in [0.15, 0.2) is 35.3 Å². The fourth-order valence-electron chi connectivity index (χ4n) is 3.77. The normalized spacial score (nSPS) is 11.4. The summed E-state index contributed by atoms with van der Waals surface area (Å²) in [6.07, 6.45) is 1.72. The van der Waals surface area contributed by atoms with Gasteiger partial charge in [0.25, 0.3) is 11.5 Å². The Hall–Kier alpha value is -2.94. The van der Waals surface area contributed by atoms with Crippen LogP contribution in [0.3, 0.4) is 0 Å². The van der Waals surface area contributed by atoms with E-state index in [1.165, 1.54) is 6.20 Å². The summed E-state index contributed by atoms with van der Waals surface area (Å²) in [5.41, 5.74) is 17.8. The van der Waals surface area contributed by atoms with Crippen LogP contribution in [0.25, 0.3) is 11.2 Å². The second-order valence-electron chi connectivity index (χ2n) is 9.49.